The highest BCUT2D eigenvalue weighted by Crippen LogP contribution is 2.30. The standard InChI is InChI=1S/C19H30N2O3S/c1-7-10-14(16(8-2)25-6)15-11-9-12-21(15)17(22)13-20-18(23)24-19(3,4)5/h7-8,10,15H,2,9,11-13H2,1,3-6H3,(H,20,23)/b10-7-,16-14-/t15-/m1/s1. The minimum atomic E-state index is -0.581. The van der Waals surface area contributed by atoms with Gasteiger partial charge in [-0.05, 0) is 52.4 Å². The zero-order valence-corrected chi connectivity index (χ0v) is 16.7. The number of alkyl carbamates (subject to hydrolysis) is 1. The maximum Gasteiger partial charge on any atom is 0.408 e. The van der Waals surface area contributed by atoms with Gasteiger partial charge in [0.15, 0.2) is 0 Å². The highest BCUT2D eigenvalue weighted by molar-refractivity contribution is 8.02. The van der Waals surface area contributed by atoms with E-state index in [2.05, 4.69) is 11.9 Å². The second kappa shape index (κ2) is 9.70. The van der Waals surface area contributed by atoms with Crippen LogP contribution in [0.2, 0.25) is 0 Å². The molecule has 1 fully saturated rings. The van der Waals surface area contributed by atoms with Crippen molar-refractivity contribution >= 4 is 23.8 Å². The van der Waals surface area contributed by atoms with Crippen molar-refractivity contribution in [3.63, 3.8) is 0 Å². The van der Waals surface area contributed by atoms with Crippen molar-refractivity contribution in [1.82, 2.24) is 10.2 Å². The van der Waals surface area contributed by atoms with Gasteiger partial charge in [0.1, 0.15) is 12.1 Å². The zero-order chi connectivity index (χ0) is 19.0. The van der Waals surface area contributed by atoms with Gasteiger partial charge in [0.25, 0.3) is 0 Å². The molecule has 1 N–H and O–H groups in total. The lowest BCUT2D eigenvalue weighted by molar-refractivity contribution is -0.130. The third-order valence-corrected chi connectivity index (χ3v) is 4.59. The van der Waals surface area contributed by atoms with Crippen molar-refractivity contribution in [2.45, 2.75) is 52.2 Å². The van der Waals surface area contributed by atoms with Crippen LogP contribution in [0.15, 0.2) is 35.3 Å². The van der Waals surface area contributed by atoms with Crippen LogP contribution < -0.4 is 5.32 Å². The summed E-state index contributed by atoms with van der Waals surface area (Å²) in [5.74, 6) is -0.0973. The molecule has 5 nitrogen and oxygen atoms in total. The van der Waals surface area contributed by atoms with Gasteiger partial charge >= 0.3 is 6.09 Å². The van der Waals surface area contributed by atoms with Gasteiger partial charge in [-0.1, -0.05) is 24.8 Å². The van der Waals surface area contributed by atoms with E-state index in [0.29, 0.717) is 6.54 Å². The van der Waals surface area contributed by atoms with Crippen LogP contribution in [0, 0.1) is 0 Å². The molecule has 0 aromatic carbocycles. The predicted molar refractivity (Wildman–Crippen MR) is 105 cm³/mol. The van der Waals surface area contributed by atoms with Crippen LogP contribution in [0.25, 0.3) is 0 Å². The molecule has 6 heteroatoms. The number of carbonyl (C=O) groups excluding carboxylic acids is 2. The summed E-state index contributed by atoms with van der Waals surface area (Å²) in [6.45, 7) is 11.9. The first-order valence-electron chi connectivity index (χ1n) is 8.53. The number of hydrogen-bond acceptors (Lipinski definition) is 4. The van der Waals surface area contributed by atoms with Gasteiger partial charge in [0.05, 0.1) is 6.04 Å². The molecule has 0 aliphatic carbocycles. The van der Waals surface area contributed by atoms with E-state index in [9.17, 15) is 9.59 Å². The van der Waals surface area contributed by atoms with Gasteiger partial charge in [-0.3, -0.25) is 4.79 Å². The van der Waals surface area contributed by atoms with Gasteiger partial charge in [-0.15, -0.1) is 11.8 Å². The molecule has 1 aliphatic rings. The molecule has 1 atom stereocenters. The molecular weight excluding hydrogens is 336 g/mol. The molecule has 1 saturated heterocycles. The minimum Gasteiger partial charge on any atom is -0.444 e. The highest BCUT2D eigenvalue weighted by Gasteiger charge is 2.31. The molecule has 0 aromatic rings. The average molecular weight is 367 g/mol. The largest absolute Gasteiger partial charge is 0.444 e. The minimum absolute atomic E-state index is 0.0181. The van der Waals surface area contributed by atoms with Crippen molar-refractivity contribution in [2.75, 3.05) is 19.3 Å². The Balaban J connectivity index is 2.82. The average Bonchev–Trinajstić information content (AvgIpc) is 3.00. The number of nitrogens with one attached hydrogen (secondary N) is 1. The first kappa shape index (κ1) is 21.4. The zero-order valence-electron chi connectivity index (χ0n) is 15.9. The van der Waals surface area contributed by atoms with E-state index < -0.39 is 11.7 Å². The van der Waals surface area contributed by atoms with E-state index in [1.165, 1.54) is 0 Å². The number of thioether (sulfide) groups is 1. The maximum absolute atomic E-state index is 12.6. The molecule has 25 heavy (non-hydrogen) atoms. The Bertz CT molecular complexity index is 562. The van der Waals surface area contributed by atoms with Crippen LogP contribution in [0.3, 0.4) is 0 Å². The summed E-state index contributed by atoms with van der Waals surface area (Å²) in [6.07, 6.45) is 9.15. The lowest BCUT2D eigenvalue weighted by atomic mass is 10.0. The van der Waals surface area contributed by atoms with Gasteiger partial charge in [-0.25, -0.2) is 4.79 Å². The molecule has 140 valence electrons. The van der Waals surface area contributed by atoms with Crippen molar-refractivity contribution < 1.29 is 14.3 Å². The molecule has 0 spiro atoms. The van der Waals surface area contributed by atoms with Crippen molar-refractivity contribution in [3.8, 4) is 0 Å². The SMILES string of the molecule is C=C/C(SC)=C(\C=C/C)[C@H]1CCCN1C(=O)CNC(=O)OC(C)(C)C. The maximum atomic E-state index is 12.6. The molecule has 1 rings (SSSR count). The number of nitrogens with zero attached hydrogens (tertiary/aromatic N) is 1. The van der Waals surface area contributed by atoms with E-state index in [4.69, 9.17) is 4.74 Å². The summed E-state index contributed by atoms with van der Waals surface area (Å²) in [7, 11) is 0. The first-order valence-corrected chi connectivity index (χ1v) is 9.75. The number of allylic oxidation sites excluding steroid dienone is 2. The number of carbonyl (C=O) groups is 2. The third-order valence-electron chi connectivity index (χ3n) is 3.75. The second-order valence-electron chi connectivity index (χ2n) is 6.83. The molecule has 1 heterocycles. The van der Waals surface area contributed by atoms with Crippen LogP contribution in [-0.2, 0) is 9.53 Å². The van der Waals surface area contributed by atoms with Gasteiger partial charge < -0.3 is 15.0 Å². The smallest absolute Gasteiger partial charge is 0.408 e. The highest BCUT2D eigenvalue weighted by atomic mass is 32.2. The normalized spacial score (nSPS) is 18.9. The van der Waals surface area contributed by atoms with Crippen molar-refractivity contribution in [1.29, 1.82) is 0 Å². The van der Waals surface area contributed by atoms with Gasteiger partial charge in [0.2, 0.25) is 5.91 Å². The summed E-state index contributed by atoms with van der Waals surface area (Å²) in [4.78, 5) is 27.3. The van der Waals surface area contributed by atoms with Crippen molar-refractivity contribution in [2.24, 2.45) is 0 Å². The molecule has 0 bridgehead atoms. The number of hydrogen-bond donors (Lipinski definition) is 1. The number of likely N-dealkylation sites (tertiary alicyclic amines) is 1. The second-order valence-corrected chi connectivity index (χ2v) is 7.68. The topological polar surface area (TPSA) is 58.6 Å². The van der Waals surface area contributed by atoms with Crippen LogP contribution in [-0.4, -0.2) is 47.9 Å². The molecule has 1 aliphatic heterocycles. The molecule has 2 amide bonds. The molecule has 0 saturated carbocycles. The van der Waals surface area contributed by atoms with E-state index >= 15 is 0 Å². The first-order chi connectivity index (χ1) is 11.7. The lowest BCUT2D eigenvalue weighted by Crippen LogP contribution is -2.44. The Hall–Kier alpha value is -1.69. The Kier molecular flexibility index (Phi) is 8.29. The molecule has 0 aromatic heterocycles. The summed E-state index contributed by atoms with van der Waals surface area (Å²) in [5, 5.41) is 2.55. The fourth-order valence-corrected chi connectivity index (χ4v) is 3.41. The molecular formula is C19H30N2O3S. The van der Waals surface area contributed by atoms with Gasteiger partial charge in [0, 0.05) is 11.4 Å². The van der Waals surface area contributed by atoms with Crippen molar-refractivity contribution in [3.05, 3.63) is 35.3 Å². The Labute approximate surface area is 155 Å². The Morgan fingerprint density at radius 2 is 2.08 bits per heavy atom. The summed E-state index contributed by atoms with van der Waals surface area (Å²) in [5.41, 5.74) is 0.524. The fraction of sp³-hybridized carbons (Fsp3) is 0.579. The van der Waals surface area contributed by atoms with E-state index in [-0.39, 0.29) is 18.5 Å². The Morgan fingerprint density at radius 1 is 1.40 bits per heavy atom. The number of ether oxygens (including phenoxy) is 1. The van der Waals surface area contributed by atoms with Crippen LogP contribution >= 0.6 is 11.8 Å². The number of rotatable bonds is 6. The summed E-state index contributed by atoms with van der Waals surface area (Å²) in [6, 6.07) is 0.0181. The van der Waals surface area contributed by atoms with Crippen LogP contribution in [0.1, 0.15) is 40.5 Å². The lowest BCUT2D eigenvalue weighted by Gasteiger charge is -2.27. The van der Waals surface area contributed by atoms with E-state index in [1.807, 2.05) is 36.3 Å². The fourth-order valence-electron chi connectivity index (χ4n) is 2.81. The van der Waals surface area contributed by atoms with Crippen LogP contribution in [0.5, 0.6) is 0 Å². The monoisotopic (exact) mass is 366 g/mol. The number of amides is 2. The Morgan fingerprint density at radius 3 is 2.60 bits per heavy atom. The van der Waals surface area contributed by atoms with Gasteiger partial charge in [-0.2, -0.15) is 0 Å². The van der Waals surface area contributed by atoms with Crippen LogP contribution in [0.4, 0.5) is 4.79 Å². The predicted octanol–water partition coefficient (Wildman–Crippen LogP) is 3.88. The van der Waals surface area contributed by atoms with E-state index in [1.54, 1.807) is 32.5 Å². The molecule has 0 radical (unpaired) electrons. The summed E-state index contributed by atoms with van der Waals surface area (Å²) < 4.78 is 5.18. The summed E-state index contributed by atoms with van der Waals surface area (Å²) >= 11 is 1.63. The molecule has 0 unspecified atom stereocenters. The quantitative estimate of drug-likeness (QED) is 0.725. The van der Waals surface area contributed by atoms with E-state index in [0.717, 1.165) is 23.3 Å². The third kappa shape index (κ3) is 6.61.